The number of thiazole rings is 1. The predicted molar refractivity (Wildman–Crippen MR) is 81.6 cm³/mol. The molecule has 0 aromatic carbocycles. The van der Waals surface area contributed by atoms with Gasteiger partial charge in [0.05, 0.1) is 23.9 Å². The Morgan fingerprint density at radius 2 is 2.10 bits per heavy atom. The number of amides is 1. The molecule has 0 spiro atoms. The minimum absolute atomic E-state index is 0.0403. The maximum absolute atomic E-state index is 11.8. The molecule has 1 amide bonds. The number of carbonyl (C=O) groups is 3. The third-order valence-corrected chi connectivity index (χ3v) is 4.68. The van der Waals surface area contributed by atoms with Crippen LogP contribution in [0.4, 0.5) is 0 Å². The quantitative estimate of drug-likeness (QED) is 0.703. The van der Waals surface area contributed by atoms with E-state index in [0.717, 1.165) is 0 Å². The van der Waals surface area contributed by atoms with Gasteiger partial charge in [0.1, 0.15) is 0 Å². The Morgan fingerprint density at radius 3 is 2.62 bits per heavy atom. The maximum Gasteiger partial charge on any atom is 0.309 e. The minimum atomic E-state index is -0.934. The van der Waals surface area contributed by atoms with Crippen molar-refractivity contribution in [1.82, 2.24) is 10.3 Å². The van der Waals surface area contributed by atoms with Gasteiger partial charge in [-0.05, 0) is 12.8 Å². The summed E-state index contributed by atoms with van der Waals surface area (Å²) in [5.74, 6) is -1.05. The highest BCUT2D eigenvalue weighted by atomic mass is 32.2. The second-order valence-corrected chi connectivity index (χ2v) is 6.94. The van der Waals surface area contributed by atoms with E-state index >= 15 is 0 Å². The van der Waals surface area contributed by atoms with Crippen LogP contribution in [0.3, 0.4) is 0 Å². The number of thioether (sulfide) groups is 1. The van der Waals surface area contributed by atoms with Crippen LogP contribution in [0.25, 0.3) is 0 Å². The molecule has 0 saturated carbocycles. The molecular weight excluding hydrogens is 312 g/mol. The Morgan fingerprint density at radius 1 is 1.43 bits per heavy atom. The summed E-state index contributed by atoms with van der Waals surface area (Å²) in [6.07, 6.45) is -0.122. The Bertz CT molecular complexity index is 528. The van der Waals surface area contributed by atoms with E-state index in [9.17, 15) is 14.4 Å². The Hall–Kier alpha value is -1.41. The van der Waals surface area contributed by atoms with Crippen LogP contribution >= 0.6 is 23.1 Å². The van der Waals surface area contributed by atoms with Crippen LogP contribution in [0.5, 0.6) is 0 Å². The summed E-state index contributed by atoms with van der Waals surface area (Å²) in [6, 6.07) is -0.475. The van der Waals surface area contributed by atoms with E-state index in [4.69, 9.17) is 5.11 Å². The highest BCUT2D eigenvalue weighted by Crippen LogP contribution is 2.22. The molecule has 21 heavy (non-hydrogen) atoms. The fourth-order valence-corrected chi connectivity index (χ4v) is 3.33. The number of Topliss-reactive ketones (excluding diaryl/α,β-unsaturated/α-hetero) is 1. The number of carboxylic acids is 1. The first kappa shape index (κ1) is 17.6. The second kappa shape index (κ2) is 8.14. The standard InChI is InChI=1S/C13H18N2O4S2/c1-7(2)12(8(3)16)15-10(17)6-21-13-14-9(5-20-13)4-11(18)19/h5,7,12H,4,6H2,1-3H3,(H,15,17)(H,18,19). The molecular formula is C13H18N2O4S2. The van der Waals surface area contributed by atoms with Gasteiger partial charge in [-0.15, -0.1) is 11.3 Å². The smallest absolute Gasteiger partial charge is 0.309 e. The first-order chi connectivity index (χ1) is 9.79. The zero-order valence-corrected chi connectivity index (χ0v) is 13.7. The number of carboxylic acid groups (broad SMARTS) is 1. The molecule has 1 atom stereocenters. The van der Waals surface area contributed by atoms with Crippen LogP contribution in [0, 0.1) is 5.92 Å². The van der Waals surface area contributed by atoms with Gasteiger partial charge in [0.2, 0.25) is 5.91 Å². The van der Waals surface area contributed by atoms with Gasteiger partial charge in [0.15, 0.2) is 10.1 Å². The van der Waals surface area contributed by atoms with Gasteiger partial charge >= 0.3 is 5.97 Å². The highest BCUT2D eigenvalue weighted by molar-refractivity contribution is 8.01. The molecule has 0 saturated heterocycles. The van der Waals surface area contributed by atoms with E-state index in [-0.39, 0.29) is 29.8 Å². The summed E-state index contributed by atoms with van der Waals surface area (Å²) in [4.78, 5) is 37.9. The van der Waals surface area contributed by atoms with E-state index in [1.54, 1.807) is 5.38 Å². The van der Waals surface area contributed by atoms with Crippen molar-refractivity contribution in [1.29, 1.82) is 0 Å². The van der Waals surface area contributed by atoms with Crippen molar-refractivity contribution in [3.8, 4) is 0 Å². The monoisotopic (exact) mass is 330 g/mol. The van der Waals surface area contributed by atoms with Crippen LogP contribution in [-0.2, 0) is 20.8 Å². The molecule has 0 radical (unpaired) electrons. The van der Waals surface area contributed by atoms with E-state index in [1.807, 2.05) is 13.8 Å². The van der Waals surface area contributed by atoms with E-state index < -0.39 is 12.0 Å². The molecule has 1 aromatic rings. The van der Waals surface area contributed by atoms with Crippen molar-refractivity contribution in [2.45, 2.75) is 37.6 Å². The largest absolute Gasteiger partial charge is 0.481 e. The topological polar surface area (TPSA) is 96.4 Å². The lowest BCUT2D eigenvalue weighted by molar-refractivity contribution is -0.136. The molecule has 0 aliphatic heterocycles. The molecule has 0 aliphatic carbocycles. The van der Waals surface area contributed by atoms with Crippen LogP contribution in [-0.4, -0.2) is 39.5 Å². The zero-order valence-electron chi connectivity index (χ0n) is 12.1. The first-order valence-electron chi connectivity index (χ1n) is 6.38. The van der Waals surface area contributed by atoms with E-state index in [2.05, 4.69) is 10.3 Å². The number of nitrogens with zero attached hydrogens (tertiary/aromatic N) is 1. The number of hydrogen-bond acceptors (Lipinski definition) is 6. The average Bonchev–Trinajstić information content (AvgIpc) is 2.79. The van der Waals surface area contributed by atoms with Gasteiger partial charge in [-0.1, -0.05) is 25.6 Å². The first-order valence-corrected chi connectivity index (χ1v) is 8.25. The molecule has 0 fully saturated rings. The summed E-state index contributed by atoms with van der Waals surface area (Å²) in [7, 11) is 0. The lowest BCUT2D eigenvalue weighted by Gasteiger charge is -2.19. The molecule has 6 nitrogen and oxygen atoms in total. The van der Waals surface area contributed by atoms with Gasteiger partial charge in [-0.3, -0.25) is 14.4 Å². The van der Waals surface area contributed by atoms with Crippen LogP contribution < -0.4 is 5.32 Å². The highest BCUT2D eigenvalue weighted by Gasteiger charge is 2.20. The number of aromatic nitrogens is 1. The van der Waals surface area contributed by atoms with Gasteiger partial charge < -0.3 is 10.4 Å². The van der Waals surface area contributed by atoms with Crippen molar-refractivity contribution in [3.63, 3.8) is 0 Å². The SMILES string of the molecule is CC(=O)C(NC(=O)CSc1nc(CC(=O)O)cs1)C(C)C. The molecule has 116 valence electrons. The number of nitrogens with one attached hydrogen (secondary N) is 1. The third kappa shape index (κ3) is 6.26. The number of carbonyl (C=O) groups excluding carboxylic acids is 2. The zero-order chi connectivity index (χ0) is 16.0. The molecule has 8 heteroatoms. The Balaban J connectivity index is 2.47. The van der Waals surface area contributed by atoms with Gasteiger partial charge in [-0.2, -0.15) is 0 Å². The summed E-state index contributed by atoms with van der Waals surface area (Å²) in [5, 5.41) is 13.0. The van der Waals surface area contributed by atoms with Crippen molar-refractivity contribution in [2.24, 2.45) is 5.92 Å². The predicted octanol–water partition coefficient (Wildman–Crippen LogP) is 1.59. The molecule has 0 bridgehead atoms. The normalized spacial score (nSPS) is 12.2. The van der Waals surface area contributed by atoms with Gasteiger partial charge in [-0.25, -0.2) is 4.98 Å². The van der Waals surface area contributed by atoms with Crippen molar-refractivity contribution < 1.29 is 19.5 Å². The lowest BCUT2D eigenvalue weighted by atomic mass is 10.0. The summed E-state index contributed by atoms with van der Waals surface area (Å²) in [6.45, 7) is 5.20. The minimum Gasteiger partial charge on any atom is -0.481 e. The van der Waals surface area contributed by atoms with Crippen LogP contribution in [0.1, 0.15) is 26.5 Å². The average molecular weight is 330 g/mol. The van der Waals surface area contributed by atoms with E-state index in [1.165, 1.54) is 30.0 Å². The Labute approximate surface area is 131 Å². The molecule has 1 rings (SSSR count). The van der Waals surface area contributed by atoms with Crippen LogP contribution in [0.15, 0.2) is 9.72 Å². The summed E-state index contributed by atoms with van der Waals surface area (Å²) < 4.78 is 0.644. The van der Waals surface area contributed by atoms with E-state index in [0.29, 0.717) is 10.0 Å². The van der Waals surface area contributed by atoms with Crippen LogP contribution in [0.2, 0.25) is 0 Å². The van der Waals surface area contributed by atoms with Gasteiger partial charge in [0, 0.05) is 5.38 Å². The number of rotatable bonds is 8. The summed E-state index contributed by atoms with van der Waals surface area (Å²) in [5.41, 5.74) is 0.485. The number of aliphatic carboxylic acids is 1. The van der Waals surface area contributed by atoms with Crippen molar-refractivity contribution in [2.75, 3.05) is 5.75 Å². The van der Waals surface area contributed by atoms with Crippen molar-refractivity contribution >= 4 is 40.8 Å². The number of hydrogen-bond donors (Lipinski definition) is 2. The van der Waals surface area contributed by atoms with Gasteiger partial charge in [0.25, 0.3) is 0 Å². The second-order valence-electron chi connectivity index (χ2n) is 4.86. The summed E-state index contributed by atoms with van der Waals surface area (Å²) >= 11 is 2.54. The fraction of sp³-hybridized carbons (Fsp3) is 0.538. The number of ketones is 1. The fourth-order valence-electron chi connectivity index (χ4n) is 1.67. The molecule has 2 N–H and O–H groups in total. The third-order valence-electron chi connectivity index (χ3n) is 2.61. The van der Waals surface area contributed by atoms with Crippen molar-refractivity contribution in [3.05, 3.63) is 11.1 Å². The molecule has 1 aromatic heterocycles. The molecule has 1 heterocycles. The molecule has 1 unspecified atom stereocenters. The lowest BCUT2D eigenvalue weighted by Crippen LogP contribution is -2.44. The maximum atomic E-state index is 11.8. The Kier molecular flexibility index (Phi) is 6.83. The molecule has 0 aliphatic rings.